The van der Waals surface area contributed by atoms with Crippen LogP contribution >= 0.6 is 0 Å². The van der Waals surface area contributed by atoms with E-state index in [0.717, 1.165) is 13.1 Å². The number of carbonyl (C=O) groups excluding carboxylic acids is 1. The number of anilines is 1. The van der Waals surface area contributed by atoms with Crippen LogP contribution in [0.25, 0.3) is 0 Å². The van der Waals surface area contributed by atoms with Crippen molar-refractivity contribution in [3.63, 3.8) is 0 Å². The Kier molecular flexibility index (Phi) is 5.68. The molecule has 0 radical (unpaired) electrons. The summed E-state index contributed by atoms with van der Waals surface area (Å²) in [5.74, 6) is -0.290. The van der Waals surface area contributed by atoms with Crippen molar-refractivity contribution in [3.8, 4) is 0 Å². The van der Waals surface area contributed by atoms with E-state index in [0.29, 0.717) is 18.7 Å². The van der Waals surface area contributed by atoms with Gasteiger partial charge in [-0.15, -0.1) is 0 Å². The number of para-hydroxylation sites is 1. The fraction of sp³-hybridized carbons (Fsp3) is 0.409. The van der Waals surface area contributed by atoms with E-state index in [9.17, 15) is 9.18 Å². The molecule has 4 nitrogen and oxygen atoms in total. The van der Waals surface area contributed by atoms with Crippen molar-refractivity contribution in [3.05, 3.63) is 65.5 Å². The first kappa shape index (κ1) is 19.2. The quantitative estimate of drug-likeness (QED) is 0.882. The molecule has 1 fully saturated rings. The van der Waals surface area contributed by atoms with Crippen LogP contribution in [-0.2, 0) is 12.0 Å². The van der Waals surface area contributed by atoms with Gasteiger partial charge in [0, 0.05) is 44.0 Å². The Morgan fingerprint density at radius 2 is 1.63 bits per heavy atom. The summed E-state index contributed by atoms with van der Waals surface area (Å²) in [5, 5.41) is 2.83. The maximum Gasteiger partial charge on any atom is 0.317 e. The van der Waals surface area contributed by atoms with Crippen molar-refractivity contribution >= 4 is 11.7 Å². The number of rotatable bonds is 3. The van der Waals surface area contributed by atoms with Gasteiger partial charge in [-0.1, -0.05) is 57.2 Å². The van der Waals surface area contributed by atoms with Gasteiger partial charge in [-0.2, -0.15) is 0 Å². The van der Waals surface area contributed by atoms with Gasteiger partial charge in [-0.05, 0) is 23.1 Å². The number of hydrogen-bond donors (Lipinski definition) is 1. The largest absolute Gasteiger partial charge is 0.368 e. The average molecular weight is 369 g/mol. The minimum Gasteiger partial charge on any atom is -0.368 e. The summed E-state index contributed by atoms with van der Waals surface area (Å²) in [5.41, 5.74) is 3.15. The predicted molar refractivity (Wildman–Crippen MR) is 108 cm³/mol. The molecule has 0 aromatic heterocycles. The normalized spacial score (nSPS) is 15.0. The second-order valence-electron chi connectivity index (χ2n) is 7.99. The summed E-state index contributed by atoms with van der Waals surface area (Å²) in [7, 11) is 0. The van der Waals surface area contributed by atoms with E-state index in [1.807, 2.05) is 0 Å². The Bertz CT molecular complexity index is 792. The minimum absolute atomic E-state index is 0.0743. The van der Waals surface area contributed by atoms with E-state index >= 15 is 0 Å². The smallest absolute Gasteiger partial charge is 0.317 e. The first-order valence-electron chi connectivity index (χ1n) is 9.47. The van der Waals surface area contributed by atoms with Crippen molar-refractivity contribution in [1.82, 2.24) is 10.2 Å². The lowest BCUT2D eigenvalue weighted by molar-refractivity contribution is 0.193. The highest BCUT2D eigenvalue weighted by Crippen LogP contribution is 2.32. The fourth-order valence-electron chi connectivity index (χ4n) is 3.46. The van der Waals surface area contributed by atoms with E-state index in [1.54, 1.807) is 23.1 Å². The highest BCUT2D eigenvalue weighted by molar-refractivity contribution is 5.74. The van der Waals surface area contributed by atoms with Crippen LogP contribution < -0.4 is 10.2 Å². The molecule has 27 heavy (non-hydrogen) atoms. The molecule has 2 aromatic rings. The zero-order valence-corrected chi connectivity index (χ0v) is 16.3. The van der Waals surface area contributed by atoms with Crippen LogP contribution in [0.5, 0.6) is 0 Å². The van der Waals surface area contributed by atoms with Crippen LogP contribution in [-0.4, -0.2) is 37.1 Å². The van der Waals surface area contributed by atoms with Crippen LogP contribution in [0.3, 0.4) is 0 Å². The van der Waals surface area contributed by atoms with E-state index in [4.69, 9.17) is 0 Å². The summed E-state index contributed by atoms with van der Waals surface area (Å²) in [6.07, 6.45) is 0. The molecule has 2 aromatic carbocycles. The molecular weight excluding hydrogens is 341 g/mol. The molecule has 0 aliphatic carbocycles. The minimum atomic E-state index is -0.290. The third-order valence-electron chi connectivity index (χ3n) is 5.01. The lowest BCUT2D eigenvalue weighted by atomic mass is 9.85. The molecule has 0 atom stereocenters. The highest BCUT2D eigenvalue weighted by Gasteiger charge is 2.25. The Hall–Kier alpha value is -2.56. The molecule has 1 aliphatic heterocycles. The van der Waals surface area contributed by atoms with Crippen LogP contribution in [0.2, 0.25) is 0 Å². The number of urea groups is 1. The van der Waals surface area contributed by atoms with Crippen LogP contribution in [0.15, 0.2) is 48.5 Å². The monoisotopic (exact) mass is 369 g/mol. The molecule has 0 saturated carbocycles. The van der Waals surface area contributed by atoms with Crippen molar-refractivity contribution in [1.29, 1.82) is 0 Å². The molecule has 0 bridgehead atoms. The fourth-order valence-corrected chi connectivity index (χ4v) is 3.46. The average Bonchev–Trinajstić information content (AvgIpc) is 2.66. The van der Waals surface area contributed by atoms with Crippen molar-refractivity contribution in [2.24, 2.45) is 0 Å². The van der Waals surface area contributed by atoms with Gasteiger partial charge in [0.05, 0.1) is 0 Å². The molecule has 2 amide bonds. The van der Waals surface area contributed by atoms with Crippen LogP contribution in [0, 0.1) is 5.82 Å². The topological polar surface area (TPSA) is 35.6 Å². The standard InChI is InChI=1S/C22H28FN3O/c1-22(2,3)18-9-5-7-11-20(18)25-12-14-26(15-13-25)21(27)24-16-17-8-4-6-10-19(17)23/h4-11H,12-16H2,1-3H3,(H,24,27). The zero-order chi connectivity index (χ0) is 19.4. The Morgan fingerprint density at radius 1 is 1.00 bits per heavy atom. The molecule has 1 aliphatic rings. The maximum atomic E-state index is 13.7. The molecule has 1 heterocycles. The maximum absolute atomic E-state index is 13.7. The van der Waals surface area contributed by atoms with Gasteiger partial charge in [0.25, 0.3) is 0 Å². The summed E-state index contributed by atoms with van der Waals surface area (Å²) in [6, 6.07) is 14.9. The predicted octanol–water partition coefficient (Wildman–Crippen LogP) is 4.16. The molecule has 144 valence electrons. The first-order valence-corrected chi connectivity index (χ1v) is 9.47. The second kappa shape index (κ2) is 7.99. The Balaban J connectivity index is 1.58. The third kappa shape index (κ3) is 4.59. The SMILES string of the molecule is CC(C)(C)c1ccccc1N1CCN(C(=O)NCc2ccccc2F)CC1. The number of nitrogens with one attached hydrogen (secondary N) is 1. The van der Waals surface area contributed by atoms with Crippen LogP contribution in [0.1, 0.15) is 31.9 Å². The van der Waals surface area contributed by atoms with Gasteiger partial charge in [0.1, 0.15) is 5.82 Å². The summed E-state index contributed by atoms with van der Waals surface area (Å²) in [4.78, 5) is 16.6. The second-order valence-corrected chi connectivity index (χ2v) is 7.99. The molecule has 1 N–H and O–H groups in total. The molecule has 3 rings (SSSR count). The van der Waals surface area contributed by atoms with Gasteiger partial charge in [-0.25, -0.2) is 9.18 Å². The summed E-state index contributed by atoms with van der Waals surface area (Å²) < 4.78 is 13.7. The molecule has 5 heteroatoms. The van der Waals surface area contributed by atoms with E-state index < -0.39 is 0 Å². The summed E-state index contributed by atoms with van der Waals surface area (Å²) in [6.45, 7) is 9.76. The number of piperazine rings is 1. The Labute approximate surface area is 161 Å². The number of hydrogen-bond acceptors (Lipinski definition) is 2. The first-order chi connectivity index (χ1) is 12.9. The van der Waals surface area contributed by atoms with Gasteiger partial charge in [0.2, 0.25) is 0 Å². The molecule has 0 spiro atoms. The van der Waals surface area contributed by atoms with E-state index in [-0.39, 0.29) is 23.8 Å². The van der Waals surface area contributed by atoms with Crippen molar-refractivity contribution in [2.45, 2.75) is 32.7 Å². The van der Waals surface area contributed by atoms with Gasteiger partial charge in [-0.3, -0.25) is 0 Å². The highest BCUT2D eigenvalue weighted by atomic mass is 19.1. The Morgan fingerprint density at radius 3 is 2.30 bits per heavy atom. The van der Waals surface area contributed by atoms with Gasteiger partial charge in [0.15, 0.2) is 0 Å². The lowest BCUT2D eigenvalue weighted by Crippen LogP contribution is -2.52. The summed E-state index contributed by atoms with van der Waals surface area (Å²) >= 11 is 0. The third-order valence-corrected chi connectivity index (χ3v) is 5.01. The number of nitrogens with zero attached hydrogens (tertiary/aromatic N) is 2. The number of amides is 2. The van der Waals surface area contributed by atoms with E-state index in [2.05, 4.69) is 55.3 Å². The van der Waals surface area contributed by atoms with Gasteiger partial charge < -0.3 is 15.1 Å². The molecular formula is C22H28FN3O. The number of halogens is 1. The van der Waals surface area contributed by atoms with Crippen molar-refractivity contribution < 1.29 is 9.18 Å². The zero-order valence-electron chi connectivity index (χ0n) is 16.3. The number of carbonyl (C=O) groups is 1. The van der Waals surface area contributed by atoms with E-state index in [1.165, 1.54) is 17.3 Å². The van der Waals surface area contributed by atoms with Gasteiger partial charge >= 0.3 is 6.03 Å². The molecule has 1 saturated heterocycles. The van der Waals surface area contributed by atoms with Crippen molar-refractivity contribution in [2.75, 3.05) is 31.1 Å². The van der Waals surface area contributed by atoms with Crippen LogP contribution in [0.4, 0.5) is 14.9 Å². The number of benzene rings is 2. The molecule has 0 unspecified atom stereocenters. The lowest BCUT2D eigenvalue weighted by Gasteiger charge is -2.38.